The molecule has 0 saturated carbocycles. The molecule has 6 heteroatoms. The van der Waals surface area contributed by atoms with Crippen molar-refractivity contribution in [2.24, 2.45) is 0 Å². The molecule has 0 atom stereocenters. The van der Waals surface area contributed by atoms with E-state index in [0.29, 0.717) is 19.4 Å². The number of aryl methyl sites for hydroxylation is 1. The monoisotopic (exact) mass is 438 g/mol. The van der Waals surface area contributed by atoms with Crippen LogP contribution in [0, 0.1) is 0 Å². The summed E-state index contributed by atoms with van der Waals surface area (Å²) in [5, 5.41) is 12.4. The van der Waals surface area contributed by atoms with Crippen molar-refractivity contribution in [3.05, 3.63) is 90.8 Å². The van der Waals surface area contributed by atoms with E-state index in [1.54, 1.807) is 12.4 Å². The van der Waals surface area contributed by atoms with Crippen molar-refractivity contribution in [3.8, 4) is 22.8 Å². The Morgan fingerprint density at radius 2 is 1.76 bits per heavy atom. The Morgan fingerprint density at radius 3 is 2.61 bits per heavy atom. The number of rotatable bonds is 7. The minimum atomic E-state index is -1.35. The SMILES string of the molecule is O=C(O)Oc1[nH]c2c(-c3cccnc3)cccc2c1CCCOc1cccc2ccccc12. The van der Waals surface area contributed by atoms with Crippen LogP contribution in [0.25, 0.3) is 32.8 Å². The molecule has 0 unspecified atom stereocenters. The lowest BCUT2D eigenvalue weighted by atomic mass is 10.0. The Kier molecular flexibility index (Phi) is 5.64. The molecule has 0 bridgehead atoms. The van der Waals surface area contributed by atoms with E-state index < -0.39 is 6.16 Å². The van der Waals surface area contributed by atoms with Gasteiger partial charge in [-0.1, -0.05) is 60.7 Å². The van der Waals surface area contributed by atoms with E-state index in [0.717, 1.165) is 44.1 Å². The molecule has 33 heavy (non-hydrogen) atoms. The second-order valence-electron chi connectivity index (χ2n) is 7.70. The zero-order chi connectivity index (χ0) is 22.6. The quantitative estimate of drug-likeness (QED) is 0.225. The van der Waals surface area contributed by atoms with Crippen LogP contribution in [0.1, 0.15) is 12.0 Å². The number of H-pyrrole nitrogens is 1. The second kappa shape index (κ2) is 9.04. The molecular weight excluding hydrogens is 416 g/mol. The molecule has 5 aromatic rings. The molecule has 6 nitrogen and oxygen atoms in total. The highest BCUT2D eigenvalue weighted by molar-refractivity contribution is 5.97. The van der Waals surface area contributed by atoms with Gasteiger partial charge in [-0.25, -0.2) is 4.79 Å². The van der Waals surface area contributed by atoms with Crippen molar-refractivity contribution in [1.82, 2.24) is 9.97 Å². The maximum absolute atomic E-state index is 11.3. The summed E-state index contributed by atoms with van der Waals surface area (Å²) in [6.45, 7) is 0.496. The maximum Gasteiger partial charge on any atom is 0.512 e. The fourth-order valence-corrected chi connectivity index (χ4v) is 4.19. The zero-order valence-electron chi connectivity index (χ0n) is 17.8. The Morgan fingerprint density at radius 1 is 0.939 bits per heavy atom. The highest BCUT2D eigenvalue weighted by Crippen LogP contribution is 2.35. The molecule has 3 aromatic carbocycles. The highest BCUT2D eigenvalue weighted by atomic mass is 16.7. The molecule has 164 valence electrons. The molecule has 0 aliphatic carbocycles. The molecule has 0 spiro atoms. The molecule has 0 amide bonds. The minimum absolute atomic E-state index is 0.249. The van der Waals surface area contributed by atoms with Gasteiger partial charge in [0.05, 0.1) is 12.1 Å². The van der Waals surface area contributed by atoms with Crippen LogP contribution in [0.15, 0.2) is 85.2 Å². The number of pyridine rings is 1. The Hall–Kier alpha value is -4.32. The average Bonchev–Trinajstić information content (AvgIpc) is 3.18. The first-order chi connectivity index (χ1) is 16.2. The lowest BCUT2D eigenvalue weighted by molar-refractivity contribution is 0.142. The molecule has 0 saturated heterocycles. The molecule has 2 N–H and O–H groups in total. The Balaban J connectivity index is 1.40. The number of carbonyl (C=O) groups is 1. The fraction of sp³-hybridized carbons (Fsp3) is 0.111. The van der Waals surface area contributed by atoms with Crippen LogP contribution in [0.4, 0.5) is 4.79 Å². The van der Waals surface area contributed by atoms with Crippen molar-refractivity contribution < 1.29 is 19.4 Å². The molecule has 0 aliphatic rings. The number of para-hydroxylation sites is 1. The number of ether oxygens (including phenoxy) is 2. The normalized spacial score (nSPS) is 11.0. The van der Waals surface area contributed by atoms with Crippen LogP contribution in [-0.4, -0.2) is 27.8 Å². The maximum atomic E-state index is 11.3. The van der Waals surface area contributed by atoms with Gasteiger partial charge in [0.1, 0.15) is 5.75 Å². The van der Waals surface area contributed by atoms with Gasteiger partial charge in [0.25, 0.3) is 0 Å². The number of aromatic nitrogens is 2. The smallest absolute Gasteiger partial charge is 0.493 e. The molecule has 0 fully saturated rings. The molecule has 0 radical (unpaired) electrons. The van der Waals surface area contributed by atoms with Crippen molar-refractivity contribution >= 4 is 27.8 Å². The summed E-state index contributed by atoms with van der Waals surface area (Å²) < 4.78 is 11.2. The minimum Gasteiger partial charge on any atom is -0.493 e. The first-order valence-electron chi connectivity index (χ1n) is 10.8. The number of nitrogens with zero attached hydrogens (tertiary/aromatic N) is 1. The third kappa shape index (κ3) is 4.23. The topological polar surface area (TPSA) is 84.4 Å². The fourth-order valence-electron chi connectivity index (χ4n) is 4.19. The molecule has 2 heterocycles. The summed E-state index contributed by atoms with van der Waals surface area (Å²) in [6.07, 6.45) is 3.45. The van der Waals surface area contributed by atoms with Crippen LogP contribution in [-0.2, 0) is 6.42 Å². The van der Waals surface area contributed by atoms with Crippen molar-refractivity contribution in [3.63, 3.8) is 0 Å². The number of benzene rings is 3. The van der Waals surface area contributed by atoms with Crippen LogP contribution in [0.3, 0.4) is 0 Å². The molecular formula is C27H22N2O4. The zero-order valence-corrected chi connectivity index (χ0v) is 17.8. The molecule has 2 aromatic heterocycles. The van der Waals surface area contributed by atoms with E-state index in [1.165, 1.54) is 0 Å². The third-order valence-corrected chi connectivity index (χ3v) is 5.64. The second-order valence-corrected chi connectivity index (χ2v) is 7.70. The largest absolute Gasteiger partial charge is 0.512 e. The van der Waals surface area contributed by atoms with Gasteiger partial charge in [-0.3, -0.25) is 4.98 Å². The van der Waals surface area contributed by atoms with Gasteiger partial charge in [0.15, 0.2) is 0 Å². The van der Waals surface area contributed by atoms with Gasteiger partial charge < -0.3 is 19.6 Å². The van der Waals surface area contributed by atoms with Crippen LogP contribution < -0.4 is 9.47 Å². The average molecular weight is 438 g/mol. The van der Waals surface area contributed by atoms with Crippen molar-refractivity contribution in [2.45, 2.75) is 12.8 Å². The van der Waals surface area contributed by atoms with Crippen LogP contribution in [0.5, 0.6) is 11.6 Å². The van der Waals surface area contributed by atoms with Gasteiger partial charge in [-0.2, -0.15) is 0 Å². The number of fused-ring (bicyclic) bond motifs is 2. The number of carboxylic acid groups (broad SMARTS) is 1. The van der Waals surface area contributed by atoms with E-state index in [-0.39, 0.29) is 5.88 Å². The summed E-state index contributed by atoms with van der Waals surface area (Å²) in [4.78, 5) is 18.7. The molecule has 0 aliphatic heterocycles. The van der Waals surface area contributed by atoms with Crippen molar-refractivity contribution in [2.75, 3.05) is 6.61 Å². The molecule has 5 rings (SSSR count). The van der Waals surface area contributed by atoms with Crippen LogP contribution in [0.2, 0.25) is 0 Å². The van der Waals surface area contributed by atoms with E-state index in [9.17, 15) is 9.90 Å². The summed E-state index contributed by atoms with van der Waals surface area (Å²) in [6, 6.07) is 23.9. The van der Waals surface area contributed by atoms with Gasteiger partial charge >= 0.3 is 6.16 Å². The summed E-state index contributed by atoms with van der Waals surface area (Å²) in [7, 11) is 0. The van der Waals surface area contributed by atoms with Gasteiger partial charge in [-0.15, -0.1) is 0 Å². The lowest BCUT2D eigenvalue weighted by Crippen LogP contribution is -2.06. The van der Waals surface area contributed by atoms with Gasteiger partial charge in [0, 0.05) is 39.9 Å². The van der Waals surface area contributed by atoms with E-state index in [4.69, 9.17) is 9.47 Å². The van der Waals surface area contributed by atoms with Crippen molar-refractivity contribution in [1.29, 1.82) is 0 Å². The third-order valence-electron chi connectivity index (χ3n) is 5.64. The summed E-state index contributed by atoms with van der Waals surface area (Å²) in [5.41, 5.74) is 3.53. The van der Waals surface area contributed by atoms with E-state index >= 15 is 0 Å². The van der Waals surface area contributed by atoms with Crippen LogP contribution >= 0.6 is 0 Å². The summed E-state index contributed by atoms with van der Waals surface area (Å²) >= 11 is 0. The standard InChI is InChI=1S/C27H22N2O4/c30-27(31)33-26-23(13-6-16-32-24-14-3-8-18-7-1-2-10-20(18)24)22-12-4-11-21(25(22)29-26)19-9-5-15-28-17-19/h1-5,7-12,14-15,17,29H,6,13,16H2,(H,30,31). The predicted molar refractivity (Wildman–Crippen MR) is 128 cm³/mol. The summed E-state index contributed by atoms with van der Waals surface area (Å²) in [5.74, 6) is 1.09. The highest BCUT2D eigenvalue weighted by Gasteiger charge is 2.18. The first-order valence-corrected chi connectivity index (χ1v) is 10.8. The first kappa shape index (κ1) is 20.6. The lowest BCUT2D eigenvalue weighted by Gasteiger charge is -2.09. The Labute approximate surface area is 190 Å². The number of nitrogens with one attached hydrogen (secondary N) is 1. The van der Waals surface area contributed by atoms with Gasteiger partial charge in [0.2, 0.25) is 5.88 Å². The number of hydrogen-bond acceptors (Lipinski definition) is 4. The predicted octanol–water partition coefficient (Wildman–Crippen LogP) is 6.45. The number of aromatic amines is 1. The van der Waals surface area contributed by atoms with E-state index in [1.807, 2.05) is 60.7 Å². The Bertz CT molecular complexity index is 1420. The number of hydrogen-bond donors (Lipinski definition) is 2. The van der Waals surface area contributed by atoms with E-state index in [2.05, 4.69) is 22.1 Å². The van der Waals surface area contributed by atoms with Gasteiger partial charge in [-0.05, 0) is 30.4 Å².